The van der Waals surface area contributed by atoms with Crippen LogP contribution in [0.5, 0.6) is 0 Å². The van der Waals surface area contributed by atoms with Crippen LogP contribution in [-0.4, -0.2) is 33.9 Å². The first-order valence-corrected chi connectivity index (χ1v) is 6.35. The number of β-lactam (4-membered cyclic amide) rings is 1. The molecule has 3 rings (SSSR count). The molecular formula is C14H11N5O2. The van der Waals surface area contributed by atoms with E-state index in [-0.39, 0.29) is 5.91 Å². The van der Waals surface area contributed by atoms with Crippen molar-refractivity contribution in [3.63, 3.8) is 0 Å². The van der Waals surface area contributed by atoms with Crippen LogP contribution < -0.4 is 0 Å². The van der Waals surface area contributed by atoms with Gasteiger partial charge in [0.2, 0.25) is 0 Å². The molecule has 0 bridgehead atoms. The standard InChI is InChI=1S/C14H11N5O2/c15-17-16-12-11-8-4-5-9-18(19(11)14(12)21)13(20)10-6-2-1-3-7-10/h1-9,11-12H/t11-,12-/m1/s1. The molecule has 1 saturated heterocycles. The fraction of sp³-hybridized carbons (Fsp3) is 0.143. The Balaban J connectivity index is 1.91. The lowest BCUT2D eigenvalue weighted by Gasteiger charge is -2.47. The Labute approximate surface area is 120 Å². The summed E-state index contributed by atoms with van der Waals surface area (Å²) in [7, 11) is 0. The van der Waals surface area contributed by atoms with Gasteiger partial charge in [-0.2, -0.15) is 0 Å². The van der Waals surface area contributed by atoms with Gasteiger partial charge >= 0.3 is 0 Å². The molecule has 2 aliphatic rings. The van der Waals surface area contributed by atoms with Crippen LogP contribution in [0.3, 0.4) is 0 Å². The third-order valence-electron chi connectivity index (χ3n) is 3.37. The molecule has 0 radical (unpaired) electrons. The van der Waals surface area contributed by atoms with Gasteiger partial charge < -0.3 is 0 Å². The van der Waals surface area contributed by atoms with Crippen molar-refractivity contribution in [2.24, 2.45) is 5.11 Å². The molecule has 0 unspecified atom stereocenters. The van der Waals surface area contributed by atoms with E-state index >= 15 is 0 Å². The average Bonchev–Trinajstić information content (AvgIpc) is 2.72. The zero-order chi connectivity index (χ0) is 14.8. The largest absolute Gasteiger partial charge is 0.276 e. The van der Waals surface area contributed by atoms with Crippen molar-refractivity contribution in [1.82, 2.24) is 10.0 Å². The molecule has 0 spiro atoms. The van der Waals surface area contributed by atoms with Crippen molar-refractivity contribution in [2.75, 3.05) is 0 Å². The molecule has 0 saturated carbocycles. The highest BCUT2D eigenvalue weighted by atomic mass is 16.2. The number of benzene rings is 1. The summed E-state index contributed by atoms with van der Waals surface area (Å²) in [6.07, 6.45) is 6.65. The Hall–Kier alpha value is -3.05. The number of hydrazine groups is 1. The van der Waals surface area contributed by atoms with Crippen molar-refractivity contribution in [3.8, 4) is 0 Å². The summed E-state index contributed by atoms with van der Waals surface area (Å²) in [5.74, 6) is -0.702. The van der Waals surface area contributed by atoms with E-state index in [4.69, 9.17) is 5.53 Å². The highest BCUT2D eigenvalue weighted by Crippen LogP contribution is 2.29. The summed E-state index contributed by atoms with van der Waals surface area (Å²) >= 11 is 0. The van der Waals surface area contributed by atoms with Gasteiger partial charge in [-0.1, -0.05) is 35.5 Å². The van der Waals surface area contributed by atoms with E-state index in [1.807, 2.05) is 6.07 Å². The summed E-state index contributed by atoms with van der Waals surface area (Å²) in [5.41, 5.74) is 8.98. The maximum Gasteiger partial charge on any atom is 0.276 e. The highest BCUT2D eigenvalue weighted by molar-refractivity contribution is 5.99. The highest BCUT2D eigenvalue weighted by Gasteiger charge is 2.50. The number of hydrogen-bond acceptors (Lipinski definition) is 3. The first-order chi connectivity index (χ1) is 10.2. The Morgan fingerprint density at radius 1 is 1.24 bits per heavy atom. The fourth-order valence-corrected chi connectivity index (χ4v) is 2.35. The maximum absolute atomic E-state index is 12.5. The molecule has 0 aliphatic carbocycles. The third-order valence-corrected chi connectivity index (χ3v) is 3.37. The molecule has 2 aliphatic heterocycles. The van der Waals surface area contributed by atoms with E-state index in [1.165, 1.54) is 16.2 Å². The topological polar surface area (TPSA) is 89.4 Å². The van der Waals surface area contributed by atoms with Crippen LogP contribution in [0.4, 0.5) is 0 Å². The molecule has 0 aromatic heterocycles. The molecule has 1 fully saturated rings. The van der Waals surface area contributed by atoms with Crippen molar-refractivity contribution < 1.29 is 9.59 Å². The van der Waals surface area contributed by atoms with Gasteiger partial charge in [0.1, 0.15) is 6.04 Å². The smallest absolute Gasteiger partial charge is 0.272 e. The Morgan fingerprint density at radius 3 is 2.71 bits per heavy atom. The first-order valence-electron chi connectivity index (χ1n) is 6.35. The number of carbonyl (C=O) groups is 2. The fourth-order valence-electron chi connectivity index (χ4n) is 2.35. The van der Waals surface area contributed by atoms with Gasteiger partial charge in [-0.05, 0) is 23.7 Å². The zero-order valence-electron chi connectivity index (χ0n) is 10.9. The number of amides is 2. The Bertz CT molecular complexity index is 691. The molecule has 1 aromatic carbocycles. The van der Waals surface area contributed by atoms with E-state index in [0.717, 1.165) is 0 Å². The number of azide groups is 1. The predicted molar refractivity (Wildman–Crippen MR) is 74.5 cm³/mol. The van der Waals surface area contributed by atoms with Crippen LogP contribution in [0.25, 0.3) is 10.4 Å². The van der Waals surface area contributed by atoms with Crippen molar-refractivity contribution >= 4 is 11.8 Å². The normalized spacial score (nSPS) is 23.0. The average molecular weight is 281 g/mol. The van der Waals surface area contributed by atoms with Crippen LogP contribution in [0.15, 0.2) is 59.9 Å². The maximum atomic E-state index is 12.5. The summed E-state index contributed by atoms with van der Waals surface area (Å²) in [6.45, 7) is 0. The molecule has 2 heterocycles. The summed E-state index contributed by atoms with van der Waals surface area (Å²) < 4.78 is 0. The molecule has 104 valence electrons. The summed E-state index contributed by atoms with van der Waals surface area (Å²) in [5, 5.41) is 6.03. The van der Waals surface area contributed by atoms with Crippen molar-refractivity contribution in [3.05, 3.63) is 70.8 Å². The van der Waals surface area contributed by atoms with Gasteiger partial charge in [-0.25, -0.2) is 10.0 Å². The number of hydrogen-bond donors (Lipinski definition) is 0. The lowest BCUT2D eigenvalue weighted by Crippen LogP contribution is -2.68. The van der Waals surface area contributed by atoms with Gasteiger partial charge in [0, 0.05) is 16.7 Å². The van der Waals surface area contributed by atoms with E-state index in [9.17, 15) is 9.59 Å². The number of nitrogens with zero attached hydrogens (tertiary/aromatic N) is 5. The number of rotatable bonds is 2. The molecule has 7 nitrogen and oxygen atoms in total. The SMILES string of the molecule is [N-]=[N+]=N[C@H]1C(=O)N2[C@@H]1C=CC=CN2C(=O)c1ccccc1. The molecule has 2 amide bonds. The van der Waals surface area contributed by atoms with Crippen molar-refractivity contribution in [2.45, 2.75) is 12.1 Å². The number of carbonyl (C=O) groups excluding carboxylic acids is 2. The van der Waals surface area contributed by atoms with E-state index in [0.29, 0.717) is 5.56 Å². The Morgan fingerprint density at radius 2 is 2.00 bits per heavy atom. The van der Waals surface area contributed by atoms with E-state index in [2.05, 4.69) is 10.0 Å². The second kappa shape index (κ2) is 5.15. The van der Waals surface area contributed by atoms with Crippen LogP contribution in [0, 0.1) is 0 Å². The molecular weight excluding hydrogens is 270 g/mol. The van der Waals surface area contributed by atoms with Crippen LogP contribution >= 0.6 is 0 Å². The minimum absolute atomic E-state index is 0.312. The molecule has 7 heteroatoms. The monoisotopic (exact) mass is 281 g/mol. The van der Waals surface area contributed by atoms with Crippen LogP contribution in [0.1, 0.15) is 10.4 Å². The zero-order valence-corrected chi connectivity index (χ0v) is 10.9. The Kier molecular flexibility index (Phi) is 3.17. The van der Waals surface area contributed by atoms with Gasteiger partial charge in [0.05, 0.1) is 6.04 Å². The molecule has 0 N–H and O–H groups in total. The lowest BCUT2D eigenvalue weighted by atomic mass is 9.98. The predicted octanol–water partition coefficient (Wildman–Crippen LogP) is 2.02. The summed E-state index contributed by atoms with van der Waals surface area (Å²) in [4.78, 5) is 27.3. The van der Waals surface area contributed by atoms with Gasteiger partial charge in [0.15, 0.2) is 0 Å². The quantitative estimate of drug-likeness (QED) is 0.359. The molecule has 21 heavy (non-hydrogen) atoms. The lowest BCUT2D eigenvalue weighted by molar-refractivity contribution is -0.163. The minimum atomic E-state index is -0.794. The molecule has 2 atom stereocenters. The molecule has 1 aromatic rings. The van der Waals surface area contributed by atoms with Gasteiger partial charge in [-0.3, -0.25) is 9.59 Å². The number of allylic oxidation sites excluding steroid dienone is 2. The first kappa shape index (κ1) is 13.0. The second-order valence-corrected chi connectivity index (χ2v) is 4.57. The van der Waals surface area contributed by atoms with Gasteiger partial charge in [0.25, 0.3) is 11.8 Å². The minimum Gasteiger partial charge on any atom is -0.272 e. The van der Waals surface area contributed by atoms with Gasteiger partial charge in [-0.15, -0.1) is 0 Å². The van der Waals surface area contributed by atoms with Crippen molar-refractivity contribution in [1.29, 1.82) is 0 Å². The van der Waals surface area contributed by atoms with Crippen LogP contribution in [-0.2, 0) is 4.79 Å². The second-order valence-electron chi connectivity index (χ2n) is 4.57. The third kappa shape index (κ3) is 2.05. The summed E-state index contributed by atoms with van der Waals surface area (Å²) in [6, 6.07) is 7.45. The van der Waals surface area contributed by atoms with Crippen LogP contribution in [0.2, 0.25) is 0 Å². The van der Waals surface area contributed by atoms with E-state index in [1.54, 1.807) is 42.5 Å². The van der Waals surface area contributed by atoms with E-state index < -0.39 is 18.0 Å². The number of fused-ring (bicyclic) bond motifs is 1.